The molecule has 214 valence electrons. The maximum atomic E-state index is 14.1. The number of carbonyl (C=O) groups is 3. The minimum absolute atomic E-state index is 0.150. The summed E-state index contributed by atoms with van der Waals surface area (Å²) in [7, 11) is 0. The van der Waals surface area contributed by atoms with E-state index in [1.54, 1.807) is 32.9 Å². The summed E-state index contributed by atoms with van der Waals surface area (Å²) >= 11 is 0. The van der Waals surface area contributed by atoms with Gasteiger partial charge in [-0.15, -0.1) is 0 Å². The molecule has 3 amide bonds. The number of para-hydroxylation sites is 1. The zero-order chi connectivity index (χ0) is 30.2. The lowest BCUT2D eigenvalue weighted by atomic mass is 9.99. The van der Waals surface area contributed by atoms with E-state index in [-0.39, 0.29) is 6.42 Å². The van der Waals surface area contributed by atoms with Crippen LogP contribution in [-0.4, -0.2) is 34.5 Å². The maximum absolute atomic E-state index is 14.1. The van der Waals surface area contributed by atoms with Crippen molar-refractivity contribution in [1.82, 2.24) is 10.2 Å². The van der Waals surface area contributed by atoms with Crippen molar-refractivity contribution in [2.75, 3.05) is 5.32 Å². The van der Waals surface area contributed by atoms with E-state index in [1.807, 2.05) is 81.4 Å². The fourth-order valence-electron chi connectivity index (χ4n) is 4.49. The Bertz CT molecular complexity index is 1380. The predicted octanol–water partition coefficient (Wildman–Crippen LogP) is 6.10. The monoisotopic (exact) mass is 553 g/mol. The molecule has 0 fully saturated rings. The van der Waals surface area contributed by atoms with Crippen molar-refractivity contribution in [3.8, 4) is 12.5 Å². The first-order valence-electron chi connectivity index (χ1n) is 13.7. The number of aryl methyl sites for hydroxylation is 3. The lowest BCUT2D eigenvalue weighted by Crippen LogP contribution is -2.51. The van der Waals surface area contributed by atoms with Crippen molar-refractivity contribution >= 4 is 23.6 Å². The highest BCUT2D eigenvalue weighted by atomic mass is 16.6. The SMILES string of the molecule is C#CN(C(=O)C(Cc1ccccc1)NC(=O)OC(C)(C)C)C(C(=O)Nc1c(C)cccc1C)c1ccc(CC)cc1. The number of nitrogens with one attached hydrogen (secondary N) is 2. The highest BCUT2D eigenvalue weighted by molar-refractivity contribution is 6.00. The van der Waals surface area contributed by atoms with Gasteiger partial charge in [-0.2, -0.15) is 0 Å². The van der Waals surface area contributed by atoms with Crippen LogP contribution in [-0.2, 0) is 27.2 Å². The third kappa shape index (κ3) is 8.46. The number of carbonyl (C=O) groups excluding carboxylic acids is 3. The van der Waals surface area contributed by atoms with E-state index in [0.717, 1.165) is 33.6 Å². The fraction of sp³-hybridized carbons (Fsp3) is 0.324. The van der Waals surface area contributed by atoms with Crippen molar-refractivity contribution in [2.45, 2.75) is 72.1 Å². The van der Waals surface area contributed by atoms with Gasteiger partial charge in [-0.25, -0.2) is 4.79 Å². The van der Waals surface area contributed by atoms with Gasteiger partial charge in [-0.3, -0.25) is 14.5 Å². The van der Waals surface area contributed by atoms with Crippen LogP contribution in [0.25, 0.3) is 0 Å². The van der Waals surface area contributed by atoms with Gasteiger partial charge in [0.05, 0.1) is 0 Å². The molecule has 0 aliphatic heterocycles. The highest BCUT2D eigenvalue weighted by Crippen LogP contribution is 2.27. The molecule has 0 aromatic heterocycles. The topological polar surface area (TPSA) is 87.7 Å². The molecule has 0 aliphatic rings. The number of rotatable bonds is 9. The van der Waals surface area contributed by atoms with Crippen molar-refractivity contribution < 1.29 is 19.1 Å². The zero-order valence-corrected chi connectivity index (χ0v) is 24.7. The Morgan fingerprint density at radius 1 is 0.902 bits per heavy atom. The van der Waals surface area contributed by atoms with Crippen molar-refractivity contribution in [1.29, 1.82) is 0 Å². The van der Waals surface area contributed by atoms with Crippen molar-refractivity contribution in [3.05, 3.63) is 101 Å². The fourth-order valence-corrected chi connectivity index (χ4v) is 4.49. The number of hydrogen-bond donors (Lipinski definition) is 2. The molecule has 0 heterocycles. The molecular weight excluding hydrogens is 514 g/mol. The van der Waals surface area contributed by atoms with E-state index in [0.29, 0.717) is 11.3 Å². The molecule has 2 N–H and O–H groups in total. The normalized spacial score (nSPS) is 12.4. The predicted molar refractivity (Wildman–Crippen MR) is 162 cm³/mol. The van der Waals surface area contributed by atoms with Gasteiger partial charge in [0.2, 0.25) is 0 Å². The van der Waals surface area contributed by atoms with Crippen LogP contribution in [0.5, 0.6) is 0 Å². The summed E-state index contributed by atoms with van der Waals surface area (Å²) in [4.78, 5) is 42.0. The number of nitrogens with zero attached hydrogens (tertiary/aromatic N) is 1. The Hall–Kier alpha value is -4.57. The van der Waals surface area contributed by atoms with Crippen LogP contribution < -0.4 is 10.6 Å². The zero-order valence-electron chi connectivity index (χ0n) is 24.7. The van der Waals surface area contributed by atoms with Gasteiger partial charge in [0, 0.05) is 18.2 Å². The smallest absolute Gasteiger partial charge is 0.408 e. The number of anilines is 1. The van der Waals surface area contributed by atoms with E-state index in [9.17, 15) is 14.4 Å². The standard InChI is InChI=1S/C34H39N3O4/c1-8-25-18-20-27(21-19-25)30(31(38)36-29-23(3)14-13-15-24(29)4)37(9-2)32(39)28(22-26-16-11-10-12-17-26)35-33(40)41-34(5,6)7/h2,10-21,28,30H,8,22H2,1,3-7H3,(H,35,40)(H,36,38). The summed E-state index contributed by atoms with van der Waals surface area (Å²) in [6, 6.07) is 22.6. The van der Waals surface area contributed by atoms with Gasteiger partial charge in [0.1, 0.15) is 17.7 Å². The van der Waals surface area contributed by atoms with Crippen molar-refractivity contribution in [2.24, 2.45) is 0 Å². The lowest BCUT2D eigenvalue weighted by molar-refractivity contribution is -0.136. The lowest BCUT2D eigenvalue weighted by Gasteiger charge is -2.31. The Morgan fingerprint density at radius 2 is 1.51 bits per heavy atom. The first kappa shape index (κ1) is 31.0. The Morgan fingerprint density at radius 3 is 2.05 bits per heavy atom. The average Bonchev–Trinajstić information content (AvgIpc) is 2.92. The molecule has 7 nitrogen and oxygen atoms in total. The van der Waals surface area contributed by atoms with Crippen molar-refractivity contribution in [3.63, 3.8) is 0 Å². The summed E-state index contributed by atoms with van der Waals surface area (Å²) < 4.78 is 5.44. The van der Waals surface area contributed by atoms with E-state index in [1.165, 1.54) is 0 Å². The number of alkyl carbamates (subject to hydrolysis) is 1. The summed E-state index contributed by atoms with van der Waals surface area (Å²) in [5, 5.41) is 5.68. The summed E-state index contributed by atoms with van der Waals surface area (Å²) in [6.07, 6.45) is 6.16. The van der Waals surface area contributed by atoms with Crippen LogP contribution in [0, 0.1) is 26.3 Å². The van der Waals surface area contributed by atoms with Crippen LogP contribution in [0.3, 0.4) is 0 Å². The molecule has 0 spiro atoms. The van der Waals surface area contributed by atoms with E-state index >= 15 is 0 Å². The second-order valence-electron chi connectivity index (χ2n) is 11.0. The largest absolute Gasteiger partial charge is 0.444 e. The molecule has 0 saturated heterocycles. The molecule has 3 aromatic carbocycles. The van der Waals surface area contributed by atoms with Crippen LogP contribution in [0.15, 0.2) is 72.8 Å². The molecule has 3 aromatic rings. The van der Waals surface area contributed by atoms with Crippen LogP contribution in [0.4, 0.5) is 10.5 Å². The van der Waals surface area contributed by atoms with Crippen LogP contribution in [0.1, 0.15) is 61.6 Å². The van der Waals surface area contributed by atoms with Crippen LogP contribution >= 0.6 is 0 Å². The maximum Gasteiger partial charge on any atom is 0.408 e. The number of benzene rings is 3. The van der Waals surface area contributed by atoms with Gasteiger partial charge in [-0.1, -0.05) is 86.1 Å². The third-order valence-electron chi connectivity index (χ3n) is 6.59. The molecule has 3 rings (SSSR count). The minimum Gasteiger partial charge on any atom is -0.444 e. The number of amides is 3. The van der Waals surface area contributed by atoms with Gasteiger partial charge in [0.15, 0.2) is 0 Å². The summed E-state index contributed by atoms with van der Waals surface area (Å²) in [5.41, 5.74) is 4.08. The molecular formula is C34H39N3O4. The Balaban J connectivity index is 2.04. The molecule has 0 saturated carbocycles. The van der Waals surface area contributed by atoms with Gasteiger partial charge < -0.3 is 15.4 Å². The Kier molecular flexibility index (Phi) is 10.3. The second-order valence-corrected chi connectivity index (χ2v) is 11.0. The van der Waals surface area contributed by atoms with E-state index in [2.05, 4.69) is 16.7 Å². The number of ether oxygens (including phenoxy) is 1. The molecule has 0 radical (unpaired) electrons. The molecule has 2 atom stereocenters. The highest BCUT2D eigenvalue weighted by Gasteiger charge is 2.36. The summed E-state index contributed by atoms with van der Waals surface area (Å²) in [5.74, 6) is -1.07. The van der Waals surface area contributed by atoms with Gasteiger partial charge >= 0.3 is 6.09 Å². The first-order chi connectivity index (χ1) is 19.4. The Labute approximate surface area is 243 Å². The van der Waals surface area contributed by atoms with E-state index < -0.39 is 35.6 Å². The summed E-state index contributed by atoms with van der Waals surface area (Å²) in [6.45, 7) is 11.1. The molecule has 41 heavy (non-hydrogen) atoms. The molecule has 0 bridgehead atoms. The van der Waals surface area contributed by atoms with Gasteiger partial charge in [-0.05, 0) is 68.9 Å². The molecule has 0 aliphatic carbocycles. The molecule has 7 heteroatoms. The number of terminal acetylenes is 1. The average molecular weight is 554 g/mol. The van der Waals surface area contributed by atoms with E-state index in [4.69, 9.17) is 11.2 Å². The second kappa shape index (κ2) is 13.7. The minimum atomic E-state index is -1.16. The van der Waals surface area contributed by atoms with Gasteiger partial charge in [0.25, 0.3) is 11.8 Å². The third-order valence-corrected chi connectivity index (χ3v) is 6.59. The van der Waals surface area contributed by atoms with Crippen LogP contribution in [0.2, 0.25) is 0 Å². The molecule has 2 unspecified atom stereocenters. The quantitative estimate of drug-likeness (QED) is 0.248. The first-order valence-corrected chi connectivity index (χ1v) is 13.7. The number of hydrogen-bond acceptors (Lipinski definition) is 4.